The lowest BCUT2D eigenvalue weighted by atomic mass is 10.1. The molecule has 2 aromatic heterocycles. The molecule has 1 aliphatic heterocycles. The minimum atomic E-state index is -0.0797. The van der Waals surface area contributed by atoms with E-state index in [1.54, 1.807) is 17.6 Å². The summed E-state index contributed by atoms with van der Waals surface area (Å²) in [6.07, 6.45) is 1.90. The molecule has 3 heterocycles. The van der Waals surface area contributed by atoms with Crippen LogP contribution in [0.4, 0.5) is 5.69 Å². The van der Waals surface area contributed by atoms with E-state index in [1.807, 2.05) is 42.6 Å². The molecule has 1 N–H and O–H groups in total. The summed E-state index contributed by atoms with van der Waals surface area (Å²) in [7, 11) is 1.63. The molecule has 0 radical (unpaired) electrons. The van der Waals surface area contributed by atoms with Crippen molar-refractivity contribution in [3.8, 4) is 17.0 Å². The lowest BCUT2D eigenvalue weighted by Crippen LogP contribution is -2.54. The molecule has 0 amide bonds. The lowest BCUT2D eigenvalue weighted by Gasteiger charge is -2.37. The van der Waals surface area contributed by atoms with Gasteiger partial charge in [0, 0.05) is 43.0 Å². The molecule has 140 valence electrons. The molecule has 2 unspecified atom stereocenters. The van der Waals surface area contributed by atoms with E-state index < -0.39 is 0 Å². The summed E-state index contributed by atoms with van der Waals surface area (Å²) in [6.45, 7) is 6.20. The Balaban J connectivity index is 1.71. The van der Waals surface area contributed by atoms with Crippen molar-refractivity contribution in [1.29, 1.82) is 0 Å². The number of ether oxygens (including phenoxy) is 1. The molecule has 6 nitrogen and oxygen atoms in total. The van der Waals surface area contributed by atoms with Crippen LogP contribution in [0, 0.1) is 0 Å². The summed E-state index contributed by atoms with van der Waals surface area (Å²) in [4.78, 5) is 19.7. The van der Waals surface area contributed by atoms with Gasteiger partial charge < -0.3 is 15.0 Å². The minimum Gasteiger partial charge on any atom is -0.497 e. The quantitative estimate of drug-likeness (QED) is 0.774. The van der Waals surface area contributed by atoms with Crippen LogP contribution in [0.1, 0.15) is 13.8 Å². The van der Waals surface area contributed by atoms with E-state index in [1.165, 1.54) is 0 Å². The van der Waals surface area contributed by atoms with Crippen molar-refractivity contribution in [3.63, 3.8) is 0 Å². The number of nitrogens with one attached hydrogen (secondary N) is 1. The van der Waals surface area contributed by atoms with E-state index >= 15 is 0 Å². The maximum Gasteiger partial charge on any atom is 0.258 e. The lowest BCUT2D eigenvalue weighted by molar-refractivity contribution is 0.407. The first-order chi connectivity index (χ1) is 13.0. The van der Waals surface area contributed by atoms with Gasteiger partial charge in [0.2, 0.25) is 0 Å². The molecule has 0 spiro atoms. The number of pyridine rings is 1. The van der Waals surface area contributed by atoms with Gasteiger partial charge in [-0.25, -0.2) is 4.98 Å². The van der Waals surface area contributed by atoms with Crippen LogP contribution in [0.2, 0.25) is 0 Å². The molecule has 3 aromatic rings. The predicted molar refractivity (Wildman–Crippen MR) is 108 cm³/mol. The van der Waals surface area contributed by atoms with Gasteiger partial charge in [-0.2, -0.15) is 0 Å². The summed E-state index contributed by atoms with van der Waals surface area (Å²) in [5, 5.41) is 3.53. The molecule has 6 heteroatoms. The van der Waals surface area contributed by atoms with E-state index in [0.717, 1.165) is 30.1 Å². The van der Waals surface area contributed by atoms with Crippen LogP contribution in [0.3, 0.4) is 0 Å². The van der Waals surface area contributed by atoms with E-state index in [-0.39, 0.29) is 5.56 Å². The molecule has 0 aliphatic carbocycles. The van der Waals surface area contributed by atoms with Crippen molar-refractivity contribution in [2.45, 2.75) is 25.9 Å². The van der Waals surface area contributed by atoms with Crippen LogP contribution in [-0.2, 0) is 0 Å². The van der Waals surface area contributed by atoms with E-state index in [0.29, 0.717) is 23.4 Å². The minimum absolute atomic E-state index is 0.0797. The number of aromatic nitrogens is 2. The number of anilines is 1. The molecule has 4 rings (SSSR count). The van der Waals surface area contributed by atoms with E-state index in [9.17, 15) is 4.79 Å². The monoisotopic (exact) mass is 364 g/mol. The number of methoxy groups -OCH3 is 1. The van der Waals surface area contributed by atoms with Crippen molar-refractivity contribution in [3.05, 3.63) is 59.0 Å². The maximum atomic E-state index is 12.7. The molecule has 27 heavy (non-hydrogen) atoms. The Kier molecular flexibility index (Phi) is 4.58. The Morgan fingerprint density at radius 3 is 2.44 bits per heavy atom. The first-order valence-corrected chi connectivity index (χ1v) is 9.22. The molecule has 1 fully saturated rings. The number of hydrogen-bond acceptors (Lipinski definition) is 5. The number of piperazine rings is 1. The average Bonchev–Trinajstić information content (AvgIpc) is 2.67. The standard InChI is InChI=1S/C21H24N4O2/c1-14-11-24(12-15(2)22-14)17-6-9-20-23-19(10-21(26)25(20)13-17)16-4-7-18(27-3)8-5-16/h4-10,13-15,22H,11-12H2,1-3H3. The van der Waals surface area contributed by atoms with Gasteiger partial charge >= 0.3 is 0 Å². The second kappa shape index (κ2) is 7.04. The highest BCUT2D eigenvalue weighted by Crippen LogP contribution is 2.22. The fourth-order valence-electron chi connectivity index (χ4n) is 3.73. The van der Waals surface area contributed by atoms with Gasteiger partial charge in [0.25, 0.3) is 5.56 Å². The smallest absolute Gasteiger partial charge is 0.258 e. The molecule has 2 atom stereocenters. The third kappa shape index (κ3) is 3.53. The Hall–Kier alpha value is -2.86. The molecule has 1 aliphatic rings. The topological polar surface area (TPSA) is 58.9 Å². The number of hydrogen-bond donors (Lipinski definition) is 1. The molecule has 0 saturated carbocycles. The molecular weight excluding hydrogens is 340 g/mol. The molecule has 0 bridgehead atoms. The van der Waals surface area contributed by atoms with Gasteiger partial charge in [-0.3, -0.25) is 9.20 Å². The van der Waals surface area contributed by atoms with Crippen LogP contribution in [0.15, 0.2) is 53.5 Å². The fraction of sp³-hybridized carbons (Fsp3) is 0.333. The molecule has 1 aromatic carbocycles. The van der Waals surface area contributed by atoms with Crippen molar-refractivity contribution in [2.24, 2.45) is 0 Å². The van der Waals surface area contributed by atoms with Gasteiger partial charge in [-0.15, -0.1) is 0 Å². The van der Waals surface area contributed by atoms with E-state index in [2.05, 4.69) is 29.0 Å². The molecular formula is C21H24N4O2. The Labute approximate surface area is 158 Å². The van der Waals surface area contributed by atoms with Crippen LogP contribution in [0.5, 0.6) is 5.75 Å². The van der Waals surface area contributed by atoms with Crippen LogP contribution in [0.25, 0.3) is 16.9 Å². The summed E-state index contributed by atoms with van der Waals surface area (Å²) in [5.41, 5.74) is 3.17. The van der Waals surface area contributed by atoms with Crippen molar-refractivity contribution >= 4 is 11.3 Å². The number of fused-ring (bicyclic) bond motifs is 1. The first kappa shape index (κ1) is 17.5. The normalized spacial score (nSPS) is 20.0. The average molecular weight is 364 g/mol. The summed E-state index contributed by atoms with van der Waals surface area (Å²) < 4.78 is 6.81. The number of rotatable bonds is 3. The van der Waals surface area contributed by atoms with Crippen LogP contribution in [-0.4, -0.2) is 41.7 Å². The number of benzene rings is 1. The summed E-state index contributed by atoms with van der Waals surface area (Å²) >= 11 is 0. The van der Waals surface area contributed by atoms with Gasteiger partial charge in [0.05, 0.1) is 18.5 Å². The van der Waals surface area contributed by atoms with Crippen LogP contribution >= 0.6 is 0 Å². The zero-order valence-corrected chi connectivity index (χ0v) is 15.8. The highest BCUT2D eigenvalue weighted by atomic mass is 16.5. The third-order valence-electron chi connectivity index (χ3n) is 4.95. The van der Waals surface area contributed by atoms with E-state index in [4.69, 9.17) is 4.74 Å². The van der Waals surface area contributed by atoms with Crippen molar-refractivity contribution in [1.82, 2.24) is 14.7 Å². The largest absolute Gasteiger partial charge is 0.497 e. The van der Waals surface area contributed by atoms with Crippen molar-refractivity contribution in [2.75, 3.05) is 25.1 Å². The van der Waals surface area contributed by atoms with Gasteiger partial charge in [0.1, 0.15) is 11.4 Å². The summed E-state index contributed by atoms with van der Waals surface area (Å²) in [6, 6.07) is 13.9. The third-order valence-corrected chi connectivity index (χ3v) is 4.95. The zero-order chi connectivity index (χ0) is 19.0. The SMILES string of the molecule is COc1ccc(-c2cc(=O)n3cc(N4CC(C)NC(C)C4)ccc3n2)cc1. The number of nitrogens with zero attached hydrogens (tertiary/aromatic N) is 3. The fourth-order valence-corrected chi connectivity index (χ4v) is 3.73. The second-order valence-electron chi connectivity index (χ2n) is 7.20. The highest BCUT2D eigenvalue weighted by Gasteiger charge is 2.21. The Bertz CT molecular complexity index is 1000. The molecule has 1 saturated heterocycles. The van der Waals surface area contributed by atoms with Crippen LogP contribution < -0.4 is 20.5 Å². The zero-order valence-electron chi connectivity index (χ0n) is 15.8. The van der Waals surface area contributed by atoms with Gasteiger partial charge in [-0.05, 0) is 50.2 Å². The van der Waals surface area contributed by atoms with Gasteiger partial charge in [0.15, 0.2) is 0 Å². The Morgan fingerprint density at radius 2 is 1.78 bits per heavy atom. The summed E-state index contributed by atoms with van der Waals surface area (Å²) in [5.74, 6) is 0.778. The Morgan fingerprint density at radius 1 is 1.07 bits per heavy atom. The van der Waals surface area contributed by atoms with Crippen molar-refractivity contribution < 1.29 is 4.74 Å². The van der Waals surface area contributed by atoms with Gasteiger partial charge in [-0.1, -0.05) is 0 Å². The first-order valence-electron chi connectivity index (χ1n) is 9.22. The second-order valence-corrected chi connectivity index (χ2v) is 7.20. The maximum absolute atomic E-state index is 12.7. The predicted octanol–water partition coefficient (Wildman–Crippen LogP) is 2.56. The highest BCUT2D eigenvalue weighted by molar-refractivity contribution is 5.63.